The first-order valence-electron chi connectivity index (χ1n) is 4.88. The fourth-order valence-electron chi connectivity index (χ4n) is 1.30. The first-order chi connectivity index (χ1) is 8.58. The van der Waals surface area contributed by atoms with Gasteiger partial charge in [0.1, 0.15) is 5.56 Å². The van der Waals surface area contributed by atoms with Crippen LogP contribution in [0.3, 0.4) is 0 Å². The average molecular weight is 329 g/mol. The highest BCUT2D eigenvalue weighted by molar-refractivity contribution is 9.10. The van der Waals surface area contributed by atoms with Gasteiger partial charge in [-0.2, -0.15) is 0 Å². The van der Waals surface area contributed by atoms with Crippen molar-refractivity contribution in [2.75, 3.05) is 5.32 Å². The lowest BCUT2D eigenvalue weighted by Gasteiger charge is -2.06. The highest BCUT2D eigenvalue weighted by Gasteiger charge is 2.12. The molecule has 0 aliphatic heterocycles. The topological polar surface area (TPSA) is 74.8 Å². The van der Waals surface area contributed by atoms with E-state index in [1.165, 1.54) is 18.5 Å². The van der Waals surface area contributed by atoms with Gasteiger partial charge < -0.3 is 10.3 Å². The molecule has 0 aromatic carbocycles. The summed E-state index contributed by atoms with van der Waals surface area (Å²) in [6.07, 6.45) is 2.96. The number of pyridine rings is 2. The first kappa shape index (κ1) is 12.8. The Morgan fingerprint density at radius 3 is 3.00 bits per heavy atom. The third-order valence-corrected chi connectivity index (χ3v) is 2.85. The summed E-state index contributed by atoms with van der Waals surface area (Å²) in [6, 6.07) is 4.59. The third-order valence-electron chi connectivity index (χ3n) is 2.12. The van der Waals surface area contributed by atoms with Crippen LogP contribution in [0.1, 0.15) is 10.4 Å². The normalized spacial score (nSPS) is 10.1. The number of rotatable bonds is 2. The Balaban J connectivity index is 2.30. The molecule has 2 heterocycles. The molecule has 2 aromatic heterocycles. The number of carbonyl (C=O) groups is 1. The van der Waals surface area contributed by atoms with Crippen LogP contribution in [0.2, 0.25) is 5.15 Å². The predicted octanol–water partition coefficient (Wildman–Crippen LogP) is 2.44. The number of aromatic nitrogens is 2. The minimum absolute atomic E-state index is 0.00791. The van der Waals surface area contributed by atoms with E-state index in [1.54, 1.807) is 12.1 Å². The maximum atomic E-state index is 11.9. The zero-order valence-electron chi connectivity index (χ0n) is 8.91. The maximum absolute atomic E-state index is 11.9. The van der Waals surface area contributed by atoms with E-state index in [-0.39, 0.29) is 10.7 Å². The number of hydrogen-bond acceptors (Lipinski definition) is 3. The van der Waals surface area contributed by atoms with Gasteiger partial charge >= 0.3 is 0 Å². The lowest BCUT2D eigenvalue weighted by molar-refractivity contribution is 0.102. The second-order valence-corrected chi connectivity index (χ2v) is 4.63. The lowest BCUT2D eigenvalue weighted by Crippen LogP contribution is -2.22. The molecule has 0 aliphatic rings. The summed E-state index contributed by atoms with van der Waals surface area (Å²) < 4.78 is 0.671. The van der Waals surface area contributed by atoms with Crippen molar-refractivity contribution in [1.29, 1.82) is 0 Å². The molecule has 92 valence electrons. The summed E-state index contributed by atoms with van der Waals surface area (Å²) in [6.45, 7) is 0. The summed E-state index contributed by atoms with van der Waals surface area (Å²) in [5.41, 5.74) is -0.123. The van der Waals surface area contributed by atoms with Gasteiger partial charge in [0.25, 0.3) is 11.5 Å². The molecule has 7 heteroatoms. The van der Waals surface area contributed by atoms with E-state index in [9.17, 15) is 9.59 Å². The summed E-state index contributed by atoms with van der Waals surface area (Å²) in [5.74, 6) is -0.543. The predicted molar refractivity (Wildman–Crippen MR) is 72.0 cm³/mol. The number of nitrogens with one attached hydrogen (secondary N) is 2. The molecule has 0 spiro atoms. The Bertz CT molecular complexity index is 657. The summed E-state index contributed by atoms with van der Waals surface area (Å²) in [5, 5.41) is 2.68. The molecule has 0 saturated heterocycles. The van der Waals surface area contributed by atoms with Gasteiger partial charge in [0.15, 0.2) is 5.15 Å². The highest BCUT2D eigenvalue weighted by atomic mass is 79.9. The van der Waals surface area contributed by atoms with Crippen molar-refractivity contribution < 1.29 is 4.79 Å². The molecule has 0 fully saturated rings. The van der Waals surface area contributed by atoms with Crippen LogP contribution in [0.25, 0.3) is 0 Å². The molecule has 2 N–H and O–H groups in total. The van der Waals surface area contributed by atoms with Crippen molar-refractivity contribution in [3.8, 4) is 0 Å². The van der Waals surface area contributed by atoms with Crippen LogP contribution in [-0.2, 0) is 0 Å². The third kappa shape index (κ3) is 2.77. The van der Waals surface area contributed by atoms with Crippen LogP contribution >= 0.6 is 27.5 Å². The van der Waals surface area contributed by atoms with Crippen molar-refractivity contribution in [2.45, 2.75) is 0 Å². The van der Waals surface area contributed by atoms with Crippen molar-refractivity contribution in [1.82, 2.24) is 9.97 Å². The van der Waals surface area contributed by atoms with Crippen LogP contribution in [0.5, 0.6) is 0 Å². The van der Waals surface area contributed by atoms with Gasteiger partial charge in [0.05, 0.1) is 5.69 Å². The Labute approximate surface area is 115 Å². The summed E-state index contributed by atoms with van der Waals surface area (Å²) in [4.78, 5) is 29.6. The molecule has 2 aromatic rings. The molecular weight excluding hydrogens is 321 g/mol. The van der Waals surface area contributed by atoms with Crippen LogP contribution < -0.4 is 10.9 Å². The van der Waals surface area contributed by atoms with Gasteiger partial charge in [0.2, 0.25) is 0 Å². The largest absolute Gasteiger partial charge is 0.328 e. The van der Waals surface area contributed by atoms with Crippen molar-refractivity contribution in [3.05, 3.63) is 56.1 Å². The van der Waals surface area contributed by atoms with E-state index >= 15 is 0 Å². The zero-order valence-corrected chi connectivity index (χ0v) is 11.2. The average Bonchev–Trinajstić information content (AvgIpc) is 2.34. The number of hydrogen-bond donors (Lipinski definition) is 2. The van der Waals surface area contributed by atoms with E-state index in [4.69, 9.17) is 11.6 Å². The number of nitrogens with zero attached hydrogens (tertiary/aromatic N) is 1. The molecule has 0 unspecified atom stereocenters. The highest BCUT2D eigenvalue weighted by Crippen LogP contribution is 2.23. The Hall–Kier alpha value is -1.66. The second-order valence-electron chi connectivity index (χ2n) is 3.36. The van der Waals surface area contributed by atoms with Gasteiger partial charge in [-0.3, -0.25) is 9.59 Å². The van der Waals surface area contributed by atoms with E-state index in [1.807, 2.05) is 0 Å². The SMILES string of the molecule is O=C(Nc1cc(Br)cnc1Cl)c1ccc[nH]c1=O. The smallest absolute Gasteiger partial charge is 0.261 e. The number of amides is 1. The lowest BCUT2D eigenvalue weighted by atomic mass is 10.2. The minimum atomic E-state index is -0.543. The van der Waals surface area contributed by atoms with Gasteiger partial charge in [-0.15, -0.1) is 0 Å². The number of carbonyl (C=O) groups excluding carboxylic acids is 1. The molecule has 0 radical (unpaired) electrons. The fraction of sp³-hybridized carbons (Fsp3) is 0. The number of H-pyrrole nitrogens is 1. The Morgan fingerprint density at radius 2 is 2.28 bits per heavy atom. The molecular formula is C11H7BrClN3O2. The molecule has 0 aliphatic carbocycles. The van der Waals surface area contributed by atoms with Crippen LogP contribution in [0.4, 0.5) is 5.69 Å². The zero-order chi connectivity index (χ0) is 13.1. The van der Waals surface area contributed by atoms with Crippen molar-refractivity contribution >= 4 is 39.1 Å². The maximum Gasteiger partial charge on any atom is 0.261 e. The molecule has 0 bridgehead atoms. The van der Waals surface area contributed by atoms with Crippen LogP contribution in [0, 0.1) is 0 Å². The van der Waals surface area contributed by atoms with Crippen LogP contribution in [-0.4, -0.2) is 15.9 Å². The number of anilines is 1. The van der Waals surface area contributed by atoms with E-state index in [0.29, 0.717) is 10.2 Å². The van der Waals surface area contributed by atoms with Crippen molar-refractivity contribution in [2.24, 2.45) is 0 Å². The quantitative estimate of drug-likeness (QED) is 0.832. The van der Waals surface area contributed by atoms with Gasteiger partial charge in [-0.25, -0.2) is 4.98 Å². The number of halogens is 2. The van der Waals surface area contributed by atoms with Gasteiger partial charge in [0, 0.05) is 16.9 Å². The molecule has 0 atom stereocenters. The summed E-state index contributed by atoms with van der Waals surface area (Å²) in [7, 11) is 0. The second kappa shape index (κ2) is 5.32. The standard InChI is InChI=1S/C11H7BrClN3O2/c12-6-4-8(9(13)15-5-6)16-11(18)7-2-1-3-14-10(7)17/h1-5H,(H,14,17)(H,16,18). The molecule has 5 nitrogen and oxygen atoms in total. The van der Waals surface area contributed by atoms with E-state index in [2.05, 4.69) is 31.2 Å². The molecule has 18 heavy (non-hydrogen) atoms. The van der Waals surface area contributed by atoms with Gasteiger partial charge in [-0.05, 0) is 34.1 Å². The molecule has 0 saturated carbocycles. The summed E-state index contributed by atoms with van der Waals surface area (Å²) >= 11 is 9.05. The monoisotopic (exact) mass is 327 g/mol. The van der Waals surface area contributed by atoms with Crippen molar-refractivity contribution in [3.63, 3.8) is 0 Å². The van der Waals surface area contributed by atoms with Gasteiger partial charge in [-0.1, -0.05) is 11.6 Å². The Kier molecular flexibility index (Phi) is 3.78. The number of aromatic amines is 1. The minimum Gasteiger partial charge on any atom is -0.328 e. The van der Waals surface area contributed by atoms with E-state index in [0.717, 1.165) is 0 Å². The van der Waals surface area contributed by atoms with Crippen LogP contribution in [0.15, 0.2) is 39.9 Å². The molecule has 1 amide bonds. The fourth-order valence-corrected chi connectivity index (χ4v) is 1.78. The molecule has 2 rings (SSSR count). The Morgan fingerprint density at radius 1 is 1.50 bits per heavy atom. The first-order valence-corrected chi connectivity index (χ1v) is 6.05. The van der Waals surface area contributed by atoms with E-state index < -0.39 is 11.5 Å².